The lowest BCUT2D eigenvalue weighted by molar-refractivity contribution is -0.120. The van der Waals surface area contributed by atoms with Crippen LogP contribution in [0.15, 0.2) is 29.6 Å². The standard InChI is InChI=1S/C15H16ClN3OS.ClH/c16-12-4-2-1-3-11(12)13-9-21-15(18-13)19-14(20)10-5-7-17-8-6-10;/h1-4,9-10,17H,5-8H2,(H,18,19,20);1H. The van der Waals surface area contributed by atoms with Crippen molar-refractivity contribution in [1.82, 2.24) is 10.3 Å². The first-order valence-corrected chi connectivity index (χ1v) is 8.22. The van der Waals surface area contributed by atoms with E-state index in [1.54, 1.807) is 0 Å². The zero-order valence-electron chi connectivity index (χ0n) is 11.8. The van der Waals surface area contributed by atoms with Crippen molar-refractivity contribution in [2.75, 3.05) is 18.4 Å². The topological polar surface area (TPSA) is 54.0 Å². The largest absolute Gasteiger partial charge is 0.317 e. The highest BCUT2D eigenvalue weighted by atomic mass is 35.5. The molecule has 2 aromatic rings. The van der Waals surface area contributed by atoms with E-state index in [2.05, 4.69) is 15.6 Å². The fourth-order valence-corrected chi connectivity index (χ4v) is 3.36. The second kappa shape index (κ2) is 7.92. The van der Waals surface area contributed by atoms with Crippen LogP contribution in [-0.4, -0.2) is 24.0 Å². The first kappa shape index (κ1) is 17.2. The van der Waals surface area contributed by atoms with Gasteiger partial charge in [0.2, 0.25) is 5.91 Å². The summed E-state index contributed by atoms with van der Waals surface area (Å²) < 4.78 is 0. The van der Waals surface area contributed by atoms with Gasteiger partial charge in [-0.1, -0.05) is 29.8 Å². The molecule has 3 rings (SSSR count). The van der Waals surface area contributed by atoms with Gasteiger partial charge >= 0.3 is 0 Å². The van der Waals surface area contributed by atoms with E-state index >= 15 is 0 Å². The van der Waals surface area contributed by atoms with Crippen LogP contribution in [-0.2, 0) is 4.79 Å². The van der Waals surface area contributed by atoms with Crippen LogP contribution in [0, 0.1) is 5.92 Å². The van der Waals surface area contributed by atoms with Gasteiger partial charge < -0.3 is 10.6 Å². The molecule has 0 bridgehead atoms. The van der Waals surface area contributed by atoms with E-state index in [1.807, 2.05) is 29.6 Å². The molecule has 1 aromatic carbocycles. The van der Waals surface area contributed by atoms with Crippen LogP contribution >= 0.6 is 35.3 Å². The summed E-state index contributed by atoms with van der Waals surface area (Å²) in [5.41, 5.74) is 1.68. The number of anilines is 1. The number of hydrogen-bond acceptors (Lipinski definition) is 4. The Labute approximate surface area is 144 Å². The number of hydrogen-bond donors (Lipinski definition) is 2. The SMILES string of the molecule is Cl.O=C(Nc1nc(-c2ccccc2Cl)cs1)C1CCNCC1. The zero-order valence-corrected chi connectivity index (χ0v) is 14.2. The lowest BCUT2D eigenvalue weighted by Gasteiger charge is -2.20. The van der Waals surface area contributed by atoms with Crippen LogP contribution in [0.2, 0.25) is 5.02 Å². The number of benzene rings is 1. The molecule has 4 nitrogen and oxygen atoms in total. The van der Waals surface area contributed by atoms with Crippen LogP contribution < -0.4 is 10.6 Å². The number of halogens is 2. The molecule has 0 radical (unpaired) electrons. The van der Waals surface area contributed by atoms with Crippen LogP contribution in [0.3, 0.4) is 0 Å². The Hall–Kier alpha value is -1.14. The molecule has 1 fully saturated rings. The van der Waals surface area contributed by atoms with Gasteiger partial charge in [-0.2, -0.15) is 0 Å². The van der Waals surface area contributed by atoms with Crippen molar-refractivity contribution in [2.45, 2.75) is 12.8 Å². The molecule has 7 heteroatoms. The molecule has 0 unspecified atom stereocenters. The van der Waals surface area contributed by atoms with Crippen molar-refractivity contribution in [1.29, 1.82) is 0 Å². The van der Waals surface area contributed by atoms with E-state index in [1.165, 1.54) is 11.3 Å². The summed E-state index contributed by atoms with van der Waals surface area (Å²) in [5.74, 6) is 0.149. The monoisotopic (exact) mass is 357 g/mol. The van der Waals surface area contributed by atoms with Gasteiger partial charge in [0.25, 0.3) is 0 Å². The van der Waals surface area contributed by atoms with Gasteiger partial charge in [0.15, 0.2) is 5.13 Å². The fourth-order valence-electron chi connectivity index (χ4n) is 2.42. The molecule has 2 N–H and O–H groups in total. The van der Waals surface area contributed by atoms with Gasteiger partial charge in [-0.3, -0.25) is 4.79 Å². The Morgan fingerprint density at radius 2 is 2.05 bits per heavy atom. The number of amides is 1. The summed E-state index contributed by atoms with van der Waals surface area (Å²) in [6, 6.07) is 7.57. The summed E-state index contributed by atoms with van der Waals surface area (Å²) >= 11 is 7.59. The summed E-state index contributed by atoms with van der Waals surface area (Å²) in [6.45, 7) is 1.81. The number of piperidine rings is 1. The first-order valence-electron chi connectivity index (χ1n) is 6.96. The predicted molar refractivity (Wildman–Crippen MR) is 94.0 cm³/mol. The van der Waals surface area contributed by atoms with E-state index < -0.39 is 0 Å². The molecule has 0 aliphatic carbocycles. The number of thiazole rings is 1. The van der Waals surface area contributed by atoms with Crippen molar-refractivity contribution in [3.8, 4) is 11.3 Å². The van der Waals surface area contributed by atoms with E-state index in [-0.39, 0.29) is 24.2 Å². The van der Waals surface area contributed by atoms with Crippen LogP contribution in [0.4, 0.5) is 5.13 Å². The summed E-state index contributed by atoms with van der Waals surface area (Å²) in [4.78, 5) is 16.6. The number of nitrogens with one attached hydrogen (secondary N) is 2. The maximum Gasteiger partial charge on any atom is 0.229 e. The molecule has 1 amide bonds. The number of nitrogens with zero attached hydrogens (tertiary/aromatic N) is 1. The average Bonchev–Trinajstić information content (AvgIpc) is 2.97. The molecule has 118 valence electrons. The van der Waals surface area contributed by atoms with E-state index in [0.717, 1.165) is 37.2 Å². The van der Waals surface area contributed by atoms with E-state index in [4.69, 9.17) is 11.6 Å². The third kappa shape index (κ3) is 3.98. The van der Waals surface area contributed by atoms with Crippen LogP contribution in [0.5, 0.6) is 0 Å². The molecule has 22 heavy (non-hydrogen) atoms. The maximum absolute atomic E-state index is 12.2. The highest BCUT2D eigenvalue weighted by Crippen LogP contribution is 2.30. The first-order chi connectivity index (χ1) is 10.2. The molecule has 0 saturated carbocycles. The fraction of sp³-hybridized carbons (Fsp3) is 0.333. The third-order valence-corrected chi connectivity index (χ3v) is 4.68. The van der Waals surface area contributed by atoms with Gasteiger partial charge in [-0.25, -0.2) is 4.98 Å². The predicted octanol–water partition coefficient (Wildman–Crippen LogP) is 3.82. The van der Waals surface area contributed by atoms with Crippen molar-refractivity contribution in [3.63, 3.8) is 0 Å². The lowest BCUT2D eigenvalue weighted by atomic mass is 9.97. The number of carbonyl (C=O) groups excluding carboxylic acids is 1. The van der Waals surface area contributed by atoms with E-state index in [0.29, 0.717) is 10.2 Å². The second-order valence-electron chi connectivity index (χ2n) is 5.03. The highest BCUT2D eigenvalue weighted by Gasteiger charge is 2.21. The minimum Gasteiger partial charge on any atom is -0.317 e. The summed E-state index contributed by atoms with van der Waals surface area (Å²) in [5, 5.41) is 9.39. The summed E-state index contributed by atoms with van der Waals surface area (Å²) in [7, 11) is 0. The Kier molecular flexibility index (Phi) is 6.20. The molecule has 1 aromatic heterocycles. The van der Waals surface area contributed by atoms with E-state index in [9.17, 15) is 4.79 Å². The average molecular weight is 358 g/mol. The van der Waals surface area contributed by atoms with Crippen molar-refractivity contribution >= 4 is 46.4 Å². The van der Waals surface area contributed by atoms with Gasteiger partial charge in [0, 0.05) is 21.9 Å². The maximum atomic E-state index is 12.2. The quantitative estimate of drug-likeness (QED) is 0.877. The Balaban J connectivity index is 0.00000176. The molecule has 1 aliphatic rings. The molecular weight excluding hydrogens is 341 g/mol. The Bertz CT molecular complexity index is 641. The minimum absolute atomic E-state index is 0. The molecular formula is C15H17Cl2N3OS. The van der Waals surface area contributed by atoms with Gasteiger partial charge in [-0.15, -0.1) is 23.7 Å². The normalized spacial score (nSPS) is 15.1. The lowest BCUT2D eigenvalue weighted by Crippen LogP contribution is -2.34. The van der Waals surface area contributed by atoms with Gasteiger partial charge in [0.05, 0.1) is 5.69 Å². The smallest absolute Gasteiger partial charge is 0.229 e. The van der Waals surface area contributed by atoms with Crippen molar-refractivity contribution in [2.24, 2.45) is 5.92 Å². The third-order valence-electron chi connectivity index (χ3n) is 3.59. The number of carbonyl (C=O) groups is 1. The highest BCUT2D eigenvalue weighted by molar-refractivity contribution is 7.14. The molecule has 1 aliphatic heterocycles. The molecule has 0 atom stereocenters. The van der Waals surface area contributed by atoms with Crippen LogP contribution in [0.1, 0.15) is 12.8 Å². The second-order valence-corrected chi connectivity index (χ2v) is 6.30. The Morgan fingerprint density at radius 3 is 2.77 bits per heavy atom. The van der Waals surface area contributed by atoms with Crippen molar-refractivity contribution in [3.05, 3.63) is 34.7 Å². The minimum atomic E-state index is 0. The van der Waals surface area contributed by atoms with Gasteiger partial charge in [-0.05, 0) is 32.0 Å². The number of rotatable bonds is 3. The summed E-state index contributed by atoms with van der Waals surface area (Å²) in [6.07, 6.45) is 1.77. The molecule has 1 saturated heterocycles. The molecule has 2 heterocycles. The van der Waals surface area contributed by atoms with Gasteiger partial charge in [0.1, 0.15) is 0 Å². The Morgan fingerprint density at radius 1 is 1.32 bits per heavy atom. The number of aromatic nitrogens is 1. The zero-order chi connectivity index (χ0) is 14.7. The van der Waals surface area contributed by atoms with Crippen molar-refractivity contribution < 1.29 is 4.79 Å². The van der Waals surface area contributed by atoms with Crippen LogP contribution in [0.25, 0.3) is 11.3 Å². The molecule has 0 spiro atoms.